The largest absolute Gasteiger partial charge is 0.381 e. The second-order valence-corrected chi connectivity index (χ2v) is 7.84. The summed E-state index contributed by atoms with van der Waals surface area (Å²) < 4.78 is 5.54. The maximum absolute atomic E-state index is 12.5. The number of carbonyl (C=O) groups is 1. The van der Waals surface area contributed by atoms with Crippen LogP contribution in [0.4, 0.5) is 10.5 Å². The molecule has 1 aliphatic carbocycles. The lowest BCUT2D eigenvalue weighted by Crippen LogP contribution is -2.64. The molecule has 3 aliphatic rings. The number of rotatable bonds is 5. The summed E-state index contributed by atoms with van der Waals surface area (Å²) in [5, 5.41) is 3.03. The Hall–Kier alpha value is -1.59. The van der Waals surface area contributed by atoms with E-state index in [2.05, 4.69) is 10.2 Å². The number of nitrogens with zero attached hydrogens (tertiary/aromatic N) is 2. The van der Waals surface area contributed by atoms with Gasteiger partial charge in [0.1, 0.15) is 0 Å². The zero-order chi connectivity index (χ0) is 17.2. The summed E-state index contributed by atoms with van der Waals surface area (Å²) in [5.74, 6) is 0.887. The van der Waals surface area contributed by atoms with Crippen LogP contribution in [0.25, 0.3) is 0 Å². The molecule has 0 bridgehead atoms. The minimum atomic E-state index is 0.0280. The van der Waals surface area contributed by atoms with Gasteiger partial charge in [-0.15, -0.1) is 0 Å². The van der Waals surface area contributed by atoms with E-state index in [1.807, 2.05) is 36.1 Å². The Morgan fingerprint density at radius 3 is 2.64 bits per heavy atom. The van der Waals surface area contributed by atoms with Crippen LogP contribution in [-0.4, -0.2) is 60.8 Å². The molecule has 2 heterocycles. The van der Waals surface area contributed by atoms with E-state index in [4.69, 9.17) is 4.74 Å². The summed E-state index contributed by atoms with van der Waals surface area (Å²) >= 11 is 0. The molecule has 2 aliphatic heterocycles. The third-order valence-electron chi connectivity index (χ3n) is 5.71. The van der Waals surface area contributed by atoms with Crippen molar-refractivity contribution in [3.8, 4) is 0 Å². The average molecular weight is 343 g/mol. The molecule has 1 aromatic carbocycles. The highest BCUT2D eigenvalue weighted by atomic mass is 16.5. The van der Waals surface area contributed by atoms with Gasteiger partial charge in [-0.2, -0.15) is 0 Å². The van der Waals surface area contributed by atoms with Gasteiger partial charge in [0.2, 0.25) is 0 Å². The van der Waals surface area contributed by atoms with Crippen molar-refractivity contribution >= 4 is 11.7 Å². The van der Waals surface area contributed by atoms with Gasteiger partial charge < -0.3 is 15.0 Å². The van der Waals surface area contributed by atoms with Gasteiger partial charge in [0.25, 0.3) is 0 Å². The van der Waals surface area contributed by atoms with Crippen molar-refractivity contribution in [1.29, 1.82) is 0 Å². The molecule has 136 valence electrons. The molecule has 25 heavy (non-hydrogen) atoms. The Labute approximate surface area is 150 Å². The number of nitrogens with one attached hydrogen (secondary N) is 1. The standard InChI is InChI=1S/C20H29N3O2/c1-15-3-2-4-17(11-15)21-20(24)22-13-19(14-22)23(12-16-5-6-16)18-7-9-25-10-8-18/h2-4,11,16,18-19H,5-10,12-14H2,1H3,(H,21,24). The summed E-state index contributed by atoms with van der Waals surface area (Å²) in [6, 6.07) is 9.17. The van der Waals surface area contributed by atoms with E-state index in [1.54, 1.807) is 0 Å². The quantitative estimate of drug-likeness (QED) is 0.893. The monoisotopic (exact) mass is 343 g/mol. The van der Waals surface area contributed by atoms with E-state index in [9.17, 15) is 4.79 Å². The Morgan fingerprint density at radius 2 is 1.96 bits per heavy atom. The molecule has 2 saturated heterocycles. The van der Waals surface area contributed by atoms with Crippen molar-refractivity contribution in [3.63, 3.8) is 0 Å². The summed E-state index contributed by atoms with van der Waals surface area (Å²) in [4.78, 5) is 17.1. The second kappa shape index (κ2) is 7.34. The SMILES string of the molecule is Cc1cccc(NC(=O)N2CC(N(CC3CC3)C3CCOCC3)C2)c1. The molecule has 3 fully saturated rings. The highest BCUT2D eigenvalue weighted by Gasteiger charge is 2.40. The van der Waals surface area contributed by atoms with Crippen LogP contribution >= 0.6 is 0 Å². The molecular weight excluding hydrogens is 314 g/mol. The number of benzene rings is 1. The number of hydrogen-bond donors (Lipinski definition) is 1. The molecule has 1 N–H and O–H groups in total. The number of likely N-dealkylation sites (tertiary alicyclic amines) is 1. The molecule has 2 amide bonds. The lowest BCUT2D eigenvalue weighted by molar-refractivity contribution is -0.0199. The number of ether oxygens (including phenoxy) is 1. The van der Waals surface area contributed by atoms with Gasteiger partial charge in [-0.05, 0) is 56.2 Å². The zero-order valence-electron chi connectivity index (χ0n) is 15.1. The lowest BCUT2D eigenvalue weighted by Gasteiger charge is -2.49. The number of aryl methyl sites for hydroxylation is 1. The summed E-state index contributed by atoms with van der Waals surface area (Å²) in [5.41, 5.74) is 2.04. The molecule has 0 radical (unpaired) electrons. The van der Waals surface area contributed by atoms with E-state index in [0.717, 1.165) is 56.3 Å². The van der Waals surface area contributed by atoms with Crippen LogP contribution in [0.2, 0.25) is 0 Å². The van der Waals surface area contributed by atoms with Crippen molar-refractivity contribution < 1.29 is 9.53 Å². The molecule has 0 spiro atoms. The van der Waals surface area contributed by atoms with E-state index in [1.165, 1.54) is 19.4 Å². The third-order valence-corrected chi connectivity index (χ3v) is 5.71. The highest BCUT2D eigenvalue weighted by Crippen LogP contribution is 2.33. The Kier molecular flexibility index (Phi) is 4.95. The summed E-state index contributed by atoms with van der Waals surface area (Å²) in [6.07, 6.45) is 5.03. The first-order valence-electron chi connectivity index (χ1n) is 9.65. The average Bonchev–Trinajstić information content (AvgIpc) is 3.37. The fraction of sp³-hybridized carbons (Fsp3) is 0.650. The van der Waals surface area contributed by atoms with Crippen molar-refractivity contribution in [2.75, 3.05) is 38.2 Å². The molecular formula is C20H29N3O2. The maximum atomic E-state index is 12.5. The molecule has 0 aromatic heterocycles. The Bertz CT molecular complexity index is 605. The van der Waals surface area contributed by atoms with Gasteiger partial charge in [-0.1, -0.05) is 12.1 Å². The van der Waals surface area contributed by atoms with Crippen molar-refractivity contribution in [2.45, 2.75) is 44.7 Å². The first-order chi connectivity index (χ1) is 12.2. The summed E-state index contributed by atoms with van der Waals surface area (Å²) in [7, 11) is 0. The normalized spacial score (nSPS) is 22.1. The number of carbonyl (C=O) groups excluding carboxylic acids is 1. The van der Waals surface area contributed by atoms with E-state index < -0.39 is 0 Å². The fourth-order valence-electron chi connectivity index (χ4n) is 3.97. The molecule has 1 saturated carbocycles. The fourth-order valence-corrected chi connectivity index (χ4v) is 3.97. The van der Waals surface area contributed by atoms with Crippen molar-refractivity contribution in [3.05, 3.63) is 29.8 Å². The topological polar surface area (TPSA) is 44.8 Å². The van der Waals surface area contributed by atoms with Gasteiger partial charge in [0, 0.05) is 50.6 Å². The van der Waals surface area contributed by atoms with Crippen LogP contribution in [0, 0.1) is 12.8 Å². The smallest absolute Gasteiger partial charge is 0.321 e. The molecule has 5 nitrogen and oxygen atoms in total. The minimum absolute atomic E-state index is 0.0280. The molecule has 1 aromatic rings. The Morgan fingerprint density at radius 1 is 1.20 bits per heavy atom. The van der Waals surface area contributed by atoms with Crippen LogP contribution < -0.4 is 5.32 Å². The predicted octanol–water partition coefficient (Wildman–Crippen LogP) is 3.10. The number of amides is 2. The third kappa shape index (κ3) is 4.15. The van der Waals surface area contributed by atoms with Crippen molar-refractivity contribution in [1.82, 2.24) is 9.80 Å². The summed E-state index contributed by atoms with van der Waals surface area (Å²) in [6.45, 7) is 6.72. The van der Waals surface area contributed by atoms with Crippen LogP contribution in [0.15, 0.2) is 24.3 Å². The minimum Gasteiger partial charge on any atom is -0.381 e. The number of anilines is 1. The van der Waals surface area contributed by atoms with Gasteiger partial charge in [-0.25, -0.2) is 4.79 Å². The van der Waals surface area contributed by atoms with E-state index in [0.29, 0.717) is 12.1 Å². The lowest BCUT2D eigenvalue weighted by atomic mass is 9.99. The van der Waals surface area contributed by atoms with Crippen LogP contribution in [0.3, 0.4) is 0 Å². The van der Waals surface area contributed by atoms with Gasteiger partial charge in [0.15, 0.2) is 0 Å². The zero-order valence-corrected chi connectivity index (χ0v) is 15.1. The van der Waals surface area contributed by atoms with Gasteiger partial charge >= 0.3 is 6.03 Å². The van der Waals surface area contributed by atoms with Crippen LogP contribution in [0.5, 0.6) is 0 Å². The predicted molar refractivity (Wildman–Crippen MR) is 98.8 cm³/mol. The van der Waals surface area contributed by atoms with Crippen molar-refractivity contribution in [2.24, 2.45) is 5.92 Å². The molecule has 5 heteroatoms. The number of hydrogen-bond acceptors (Lipinski definition) is 3. The maximum Gasteiger partial charge on any atom is 0.321 e. The highest BCUT2D eigenvalue weighted by molar-refractivity contribution is 5.90. The molecule has 4 rings (SSSR count). The first kappa shape index (κ1) is 16.9. The van der Waals surface area contributed by atoms with Gasteiger partial charge in [0.05, 0.1) is 0 Å². The second-order valence-electron chi connectivity index (χ2n) is 7.84. The Balaban J connectivity index is 1.31. The molecule has 0 unspecified atom stereocenters. The first-order valence-corrected chi connectivity index (χ1v) is 9.65. The molecule has 0 atom stereocenters. The van der Waals surface area contributed by atoms with Crippen LogP contribution in [0.1, 0.15) is 31.2 Å². The van der Waals surface area contributed by atoms with Gasteiger partial charge in [-0.3, -0.25) is 4.90 Å². The van der Waals surface area contributed by atoms with E-state index >= 15 is 0 Å². The van der Waals surface area contributed by atoms with E-state index in [-0.39, 0.29) is 6.03 Å². The number of urea groups is 1. The van der Waals surface area contributed by atoms with Crippen LogP contribution in [-0.2, 0) is 4.74 Å².